The van der Waals surface area contributed by atoms with Gasteiger partial charge in [-0.25, -0.2) is 4.39 Å². The molecule has 0 saturated carbocycles. The average Bonchev–Trinajstić information content (AvgIpc) is 2.89. The van der Waals surface area contributed by atoms with E-state index in [0.717, 1.165) is 5.56 Å². The van der Waals surface area contributed by atoms with Gasteiger partial charge < -0.3 is 10.5 Å². The van der Waals surface area contributed by atoms with Crippen LogP contribution in [0.1, 0.15) is 18.1 Å². The quantitative estimate of drug-likeness (QED) is 0.833. The SMILES string of the molecule is C=C/C(Cl)=C(\C(Cl)=C/C)c1cc(F)cc2c1O[C@@H](CN)C2. The minimum Gasteiger partial charge on any atom is -0.488 e. The summed E-state index contributed by atoms with van der Waals surface area (Å²) in [5, 5.41) is 0.748. The van der Waals surface area contributed by atoms with E-state index in [4.69, 9.17) is 33.7 Å². The Labute approximate surface area is 133 Å². The highest BCUT2D eigenvalue weighted by atomic mass is 35.5. The number of fused-ring (bicyclic) bond motifs is 1. The van der Waals surface area contributed by atoms with Crippen molar-refractivity contribution < 1.29 is 9.13 Å². The third kappa shape index (κ3) is 3.15. The summed E-state index contributed by atoms with van der Waals surface area (Å²) in [7, 11) is 0. The molecule has 2 rings (SSSR count). The predicted molar refractivity (Wildman–Crippen MR) is 86.2 cm³/mol. The average molecular weight is 328 g/mol. The maximum absolute atomic E-state index is 13.9. The first-order valence-corrected chi connectivity index (χ1v) is 7.31. The Morgan fingerprint density at radius 3 is 2.81 bits per heavy atom. The smallest absolute Gasteiger partial charge is 0.131 e. The molecule has 1 aromatic rings. The van der Waals surface area contributed by atoms with Crippen molar-refractivity contribution in [3.8, 4) is 5.75 Å². The highest BCUT2D eigenvalue weighted by Crippen LogP contribution is 2.42. The predicted octanol–water partition coefficient (Wildman–Crippen LogP) is 4.37. The molecule has 0 aromatic heterocycles. The summed E-state index contributed by atoms with van der Waals surface area (Å²) in [5.74, 6) is 0.221. The Morgan fingerprint density at radius 1 is 1.52 bits per heavy atom. The zero-order valence-electron chi connectivity index (χ0n) is 11.6. The first kappa shape index (κ1) is 16.1. The van der Waals surface area contributed by atoms with Crippen LogP contribution in [0.2, 0.25) is 0 Å². The second-order valence-corrected chi connectivity index (χ2v) is 5.50. The highest BCUT2D eigenvalue weighted by Gasteiger charge is 2.28. The molecule has 1 aliphatic heterocycles. The molecule has 0 amide bonds. The molecule has 0 aliphatic carbocycles. The normalized spacial score (nSPS) is 18.9. The fourth-order valence-electron chi connectivity index (χ4n) is 2.33. The fourth-order valence-corrected chi connectivity index (χ4v) is 2.78. The molecule has 0 spiro atoms. The van der Waals surface area contributed by atoms with Crippen molar-refractivity contribution in [2.75, 3.05) is 6.54 Å². The van der Waals surface area contributed by atoms with Crippen LogP contribution in [0, 0.1) is 5.82 Å². The van der Waals surface area contributed by atoms with E-state index >= 15 is 0 Å². The molecule has 5 heteroatoms. The lowest BCUT2D eigenvalue weighted by atomic mass is 9.99. The van der Waals surface area contributed by atoms with Crippen molar-refractivity contribution in [3.63, 3.8) is 0 Å². The van der Waals surface area contributed by atoms with Gasteiger partial charge in [-0.2, -0.15) is 0 Å². The van der Waals surface area contributed by atoms with Crippen LogP contribution >= 0.6 is 23.2 Å². The Balaban J connectivity index is 2.67. The summed E-state index contributed by atoms with van der Waals surface area (Å²) < 4.78 is 19.7. The standard InChI is InChI=1S/C16H16Cl2FNO/c1-3-13(17)15(14(18)4-2)12-7-10(19)5-9-6-11(8-20)21-16(9)12/h3-5,7,11H,1,6,8,20H2,2H3/b14-4+,15-13+/t11-/m1/s1. The first-order valence-electron chi connectivity index (χ1n) is 6.55. The summed E-state index contributed by atoms with van der Waals surface area (Å²) in [5.41, 5.74) is 7.44. The minimum absolute atomic E-state index is 0.159. The molecule has 21 heavy (non-hydrogen) atoms. The van der Waals surface area contributed by atoms with Crippen LogP contribution < -0.4 is 10.5 Å². The van der Waals surface area contributed by atoms with Gasteiger partial charge in [0.1, 0.15) is 17.7 Å². The molecule has 0 bridgehead atoms. The zero-order chi connectivity index (χ0) is 15.6. The molecule has 2 nitrogen and oxygen atoms in total. The minimum atomic E-state index is -0.364. The van der Waals surface area contributed by atoms with Crippen molar-refractivity contribution in [2.45, 2.75) is 19.4 Å². The largest absolute Gasteiger partial charge is 0.488 e. The zero-order valence-corrected chi connectivity index (χ0v) is 13.1. The summed E-state index contributed by atoms with van der Waals surface area (Å²) in [6, 6.07) is 2.82. The van der Waals surface area contributed by atoms with Gasteiger partial charge in [-0.05, 0) is 19.1 Å². The third-order valence-corrected chi connectivity index (χ3v) is 4.06. The van der Waals surface area contributed by atoms with Crippen LogP contribution in [-0.4, -0.2) is 12.6 Å². The second kappa shape index (κ2) is 6.65. The third-order valence-electron chi connectivity index (χ3n) is 3.31. The van der Waals surface area contributed by atoms with E-state index in [2.05, 4.69) is 6.58 Å². The van der Waals surface area contributed by atoms with Gasteiger partial charge >= 0.3 is 0 Å². The van der Waals surface area contributed by atoms with Crippen LogP contribution in [0.3, 0.4) is 0 Å². The molecule has 1 aliphatic rings. The molecule has 1 heterocycles. The molecular weight excluding hydrogens is 312 g/mol. The molecule has 112 valence electrons. The van der Waals surface area contributed by atoms with Crippen molar-refractivity contribution in [3.05, 3.63) is 57.9 Å². The molecule has 1 aromatic carbocycles. The second-order valence-electron chi connectivity index (χ2n) is 4.68. The van der Waals surface area contributed by atoms with E-state index in [9.17, 15) is 4.39 Å². The fraction of sp³-hybridized carbons (Fsp3) is 0.250. The van der Waals surface area contributed by atoms with Gasteiger partial charge in [0.25, 0.3) is 0 Å². The lowest BCUT2D eigenvalue weighted by molar-refractivity contribution is 0.241. The van der Waals surface area contributed by atoms with E-state index in [1.165, 1.54) is 18.2 Å². The molecule has 0 unspecified atom stereocenters. The van der Waals surface area contributed by atoms with E-state index in [-0.39, 0.29) is 11.9 Å². The molecule has 0 fully saturated rings. The number of halogens is 3. The lowest BCUT2D eigenvalue weighted by Gasteiger charge is -2.14. The maximum atomic E-state index is 13.9. The Bertz CT molecular complexity index is 637. The van der Waals surface area contributed by atoms with Gasteiger partial charge in [0.2, 0.25) is 0 Å². The van der Waals surface area contributed by atoms with Crippen LogP contribution in [0.4, 0.5) is 4.39 Å². The molecule has 0 saturated heterocycles. The number of hydrogen-bond donors (Lipinski definition) is 1. The van der Waals surface area contributed by atoms with Crippen LogP contribution in [0.15, 0.2) is 40.9 Å². The molecule has 1 atom stereocenters. The van der Waals surface area contributed by atoms with Gasteiger partial charge in [0, 0.05) is 39.7 Å². The number of hydrogen-bond acceptors (Lipinski definition) is 2. The highest BCUT2D eigenvalue weighted by molar-refractivity contribution is 6.42. The Hall–Kier alpha value is -1.29. The summed E-state index contributed by atoms with van der Waals surface area (Å²) in [6.45, 7) is 5.78. The van der Waals surface area contributed by atoms with E-state index < -0.39 is 0 Å². The summed E-state index contributed by atoms with van der Waals surface area (Å²) >= 11 is 12.4. The van der Waals surface area contributed by atoms with Gasteiger partial charge in [-0.15, -0.1) is 0 Å². The van der Waals surface area contributed by atoms with E-state index in [1.807, 2.05) is 0 Å². The maximum Gasteiger partial charge on any atom is 0.131 e. The van der Waals surface area contributed by atoms with Crippen LogP contribution in [0.25, 0.3) is 5.57 Å². The van der Waals surface area contributed by atoms with Gasteiger partial charge in [-0.3, -0.25) is 0 Å². The Kier molecular flexibility index (Phi) is 5.09. The van der Waals surface area contributed by atoms with Crippen LogP contribution in [0.5, 0.6) is 5.75 Å². The van der Waals surface area contributed by atoms with Gasteiger partial charge in [-0.1, -0.05) is 41.9 Å². The number of nitrogens with two attached hydrogens (primary N) is 1. The van der Waals surface area contributed by atoms with Crippen LogP contribution in [-0.2, 0) is 6.42 Å². The van der Waals surface area contributed by atoms with Crippen molar-refractivity contribution in [1.29, 1.82) is 0 Å². The van der Waals surface area contributed by atoms with E-state index in [0.29, 0.717) is 39.9 Å². The van der Waals surface area contributed by atoms with Gasteiger partial charge in [0.15, 0.2) is 0 Å². The number of ether oxygens (including phenoxy) is 1. The topological polar surface area (TPSA) is 35.2 Å². The van der Waals surface area contributed by atoms with Gasteiger partial charge in [0.05, 0.1) is 0 Å². The molecular formula is C16H16Cl2FNO. The first-order chi connectivity index (χ1) is 10.0. The Morgan fingerprint density at radius 2 is 2.24 bits per heavy atom. The number of allylic oxidation sites excluding steroid dienone is 5. The van der Waals surface area contributed by atoms with Crippen molar-refractivity contribution in [2.24, 2.45) is 5.73 Å². The van der Waals surface area contributed by atoms with Crippen molar-refractivity contribution in [1.82, 2.24) is 0 Å². The summed E-state index contributed by atoms with van der Waals surface area (Å²) in [4.78, 5) is 0. The number of rotatable bonds is 4. The molecule has 2 N–H and O–H groups in total. The summed E-state index contributed by atoms with van der Waals surface area (Å²) in [6.07, 6.45) is 3.57. The van der Waals surface area contributed by atoms with Crippen molar-refractivity contribution >= 4 is 28.8 Å². The molecule has 0 radical (unpaired) electrons. The van der Waals surface area contributed by atoms with E-state index in [1.54, 1.807) is 13.0 Å². The number of benzene rings is 1. The lowest BCUT2D eigenvalue weighted by Crippen LogP contribution is -2.24. The monoisotopic (exact) mass is 327 g/mol.